The van der Waals surface area contributed by atoms with E-state index in [2.05, 4.69) is 10.6 Å². The van der Waals surface area contributed by atoms with E-state index in [0.717, 1.165) is 38.8 Å². The molecule has 2 atom stereocenters. The number of amides is 2. The van der Waals surface area contributed by atoms with Crippen molar-refractivity contribution in [3.8, 4) is 0 Å². The van der Waals surface area contributed by atoms with Gasteiger partial charge in [-0.15, -0.1) is 0 Å². The third-order valence-electron chi connectivity index (χ3n) is 4.49. The minimum atomic E-state index is -0.390. The van der Waals surface area contributed by atoms with Gasteiger partial charge in [-0.3, -0.25) is 0 Å². The second kappa shape index (κ2) is 6.43. The zero-order valence-corrected chi connectivity index (χ0v) is 12.1. The minimum Gasteiger partial charge on any atom is -0.320 e. The summed E-state index contributed by atoms with van der Waals surface area (Å²) in [5.74, 6) is -0.390. The van der Waals surface area contributed by atoms with E-state index >= 15 is 0 Å². The van der Waals surface area contributed by atoms with Crippen molar-refractivity contribution < 1.29 is 9.18 Å². The summed E-state index contributed by atoms with van der Waals surface area (Å²) in [6.45, 7) is 1.78. The highest BCUT2D eigenvalue weighted by Crippen LogP contribution is 2.25. The van der Waals surface area contributed by atoms with Crippen LogP contribution in [0, 0.1) is 5.82 Å². The summed E-state index contributed by atoms with van der Waals surface area (Å²) >= 11 is 0. The van der Waals surface area contributed by atoms with Crippen LogP contribution >= 0.6 is 0 Å². The first-order valence-electron chi connectivity index (χ1n) is 7.81. The lowest BCUT2D eigenvalue weighted by atomic mass is 9.95. The van der Waals surface area contributed by atoms with Crippen LogP contribution in [0.3, 0.4) is 0 Å². The molecule has 2 saturated heterocycles. The molecule has 3 rings (SSSR count). The van der Waals surface area contributed by atoms with E-state index in [-0.39, 0.29) is 17.8 Å². The van der Waals surface area contributed by atoms with Gasteiger partial charge in [0.05, 0.1) is 5.69 Å². The molecule has 1 aromatic carbocycles. The standard InChI is InChI=1S/C16H22FN3O/c17-12-6-1-2-7-13(12)19-16(21)20-11-4-3-9-15(20)14-8-5-10-18-14/h1-2,6-7,14-15,18H,3-5,8-11H2,(H,19,21). The number of piperidine rings is 1. The Labute approximate surface area is 124 Å². The number of urea groups is 1. The number of benzene rings is 1. The lowest BCUT2D eigenvalue weighted by molar-refractivity contribution is 0.143. The quantitative estimate of drug-likeness (QED) is 0.880. The van der Waals surface area contributed by atoms with Gasteiger partial charge in [-0.25, -0.2) is 9.18 Å². The molecule has 0 aromatic heterocycles. The summed E-state index contributed by atoms with van der Waals surface area (Å²) in [4.78, 5) is 14.4. The van der Waals surface area contributed by atoms with E-state index in [1.165, 1.54) is 12.5 Å². The van der Waals surface area contributed by atoms with Crippen molar-refractivity contribution in [2.45, 2.75) is 44.2 Å². The maximum atomic E-state index is 13.7. The number of halogens is 1. The maximum absolute atomic E-state index is 13.7. The normalized spacial score (nSPS) is 25.9. The highest BCUT2D eigenvalue weighted by atomic mass is 19.1. The molecule has 21 heavy (non-hydrogen) atoms. The second-order valence-corrected chi connectivity index (χ2v) is 5.87. The van der Waals surface area contributed by atoms with E-state index in [4.69, 9.17) is 0 Å². The Morgan fingerprint density at radius 3 is 2.86 bits per heavy atom. The largest absolute Gasteiger partial charge is 0.322 e. The maximum Gasteiger partial charge on any atom is 0.322 e. The Morgan fingerprint density at radius 2 is 2.10 bits per heavy atom. The molecule has 2 N–H and O–H groups in total. The first kappa shape index (κ1) is 14.3. The number of nitrogens with zero attached hydrogens (tertiary/aromatic N) is 1. The predicted molar refractivity (Wildman–Crippen MR) is 80.8 cm³/mol. The van der Waals surface area contributed by atoms with E-state index in [9.17, 15) is 9.18 Å². The van der Waals surface area contributed by atoms with Gasteiger partial charge >= 0.3 is 6.03 Å². The predicted octanol–water partition coefficient (Wildman–Crippen LogP) is 2.96. The van der Waals surface area contributed by atoms with Gasteiger partial charge in [-0.05, 0) is 50.8 Å². The summed E-state index contributed by atoms with van der Waals surface area (Å²) in [5, 5.41) is 6.21. The average Bonchev–Trinajstić information content (AvgIpc) is 3.04. The topological polar surface area (TPSA) is 44.4 Å². The van der Waals surface area contributed by atoms with Crippen LogP contribution in [-0.4, -0.2) is 36.1 Å². The number of nitrogens with one attached hydrogen (secondary N) is 2. The SMILES string of the molecule is O=C(Nc1ccccc1F)N1CCCCC1C1CCCN1. The van der Waals surface area contributed by atoms with Crippen molar-refractivity contribution in [2.24, 2.45) is 0 Å². The molecule has 2 heterocycles. The van der Waals surface area contributed by atoms with Gasteiger partial charge in [0.1, 0.15) is 5.82 Å². The van der Waals surface area contributed by atoms with Gasteiger partial charge in [0.2, 0.25) is 0 Å². The number of carbonyl (C=O) groups is 1. The molecule has 0 spiro atoms. The fraction of sp³-hybridized carbons (Fsp3) is 0.562. The molecule has 0 bridgehead atoms. The van der Waals surface area contributed by atoms with Crippen LogP contribution in [0.4, 0.5) is 14.9 Å². The number of para-hydroxylation sites is 1. The Bertz CT molecular complexity index is 502. The summed E-state index contributed by atoms with van der Waals surface area (Å²) in [5.41, 5.74) is 0.256. The molecule has 2 amide bonds. The van der Waals surface area contributed by atoms with Gasteiger partial charge in [0.25, 0.3) is 0 Å². The molecular weight excluding hydrogens is 269 g/mol. The average molecular weight is 291 g/mol. The van der Waals surface area contributed by atoms with Gasteiger partial charge in [0.15, 0.2) is 0 Å². The highest BCUT2D eigenvalue weighted by Gasteiger charge is 2.34. The van der Waals surface area contributed by atoms with Gasteiger partial charge < -0.3 is 15.5 Å². The molecule has 0 aliphatic carbocycles. The summed E-state index contributed by atoms with van der Waals surface area (Å²) in [6.07, 6.45) is 5.50. The van der Waals surface area contributed by atoms with Crippen LogP contribution in [0.5, 0.6) is 0 Å². The molecule has 114 valence electrons. The number of anilines is 1. The number of rotatable bonds is 2. The number of carbonyl (C=O) groups excluding carboxylic acids is 1. The van der Waals surface area contributed by atoms with Crippen molar-refractivity contribution in [3.05, 3.63) is 30.1 Å². The molecule has 5 heteroatoms. The number of hydrogen-bond acceptors (Lipinski definition) is 2. The summed E-state index contributed by atoms with van der Waals surface area (Å²) < 4.78 is 13.7. The Hall–Kier alpha value is -1.62. The van der Waals surface area contributed by atoms with Crippen molar-refractivity contribution in [1.29, 1.82) is 0 Å². The van der Waals surface area contributed by atoms with Crippen molar-refractivity contribution in [1.82, 2.24) is 10.2 Å². The van der Waals surface area contributed by atoms with Crippen LogP contribution in [0.25, 0.3) is 0 Å². The van der Waals surface area contributed by atoms with Crippen LogP contribution in [0.2, 0.25) is 0 Å². The lowest BCUT2D eigenvalue weighted by Gasteiger charge is -2.39. The van der Waals surface area contributed by atoms with Gasteiger partial charge in [-0.1, -0.05) is 12.1 Å². The lowest BCUT2D eigenvalue weighted by Crippen LogP contribution is -2.53. The molecule has 2 aliphatic rings. The van der Waals surface area contributed by atoms with Crippen LogP contribution in [0.15, 0.2) is 24.3 Å². The summed E-state index contributed by atoms with van der Waals surface area (Å²) in [7, 11) is 0. The minimum absolute atomic E-state index is 0.182. The van der Waals surface area contributed by atoms with Crippen LogP contribution in [-0.2, 0) is 0 Å². The molecule has 0 saturated carbocycles. The molecule has 1 aromatic rings. The third-order valence-corrected chi connectivity index (χ3v) is 4.49. The molecular formula is C16H22FN3O. The van der Waals surface area contributed by atoms with Crippen molar-refractivity contribution in [2.75, 3.05) is 18.4 Å². The molecule has 2 fully saturated rings. The smallest absolute Gasteiger partial charge is 0.320 e. The molecule has 2 aliphatic heterocycles. The molecule has 2 unspecified atom stereocenters. The zero-order chi connectivity index (χ0) is 14.7. The van der Waals surface area contributed by atoms with E-state index in [1.54, 1.807) is 18.2 Å². The monoisotopic (exact) mass is 291 g/mol. The Morgan fingerprint density at radius 1 is 1.24 bits per heavy atom. The van der Waals surface area contributed by atoms with E-state index in [0.29, 0.717) is 6.04 Å². The molecule has 4 nitrogen and oxygen atoms in total. The Balaban J connectivity index is 1.70. The number of likely N-dealkylation sites (tertiary alicyclic amines) is 1. The Kier molecular flexibility index (Phi) is 4.39. The zero-order valence-electron chi connectivity index (χ0n) is 12.1. The first-order chi connectivity index (χ1) is 10.3. The first-order valence-corrected chi connectivity index (χ1v) is 7.81. The highest BCUT2D eigenvalue weighted by molar-refractivity contribution is 5.89. The van der Waals surface area contributed by atoms with Gasteiger partial charge in [-0.2, -0.15) is 0 Å². The van der Waals surface area contributed by atoms with Crippen molar-refractivity contribution in [3.63, 3.8) is 0 Å². The fourth-order valence-electron chi connectivity index (χ4n) is 3.42. The fourth-order valence-corrected chi connectivity index (χ4v) is 3.42. The summed E-state index contributed by atoms with van der Waals surface area (Å²) in [6, 6.07) is 6.74. The molecule has 0 radical (unpaired) electrons. The number of hydrogen-bond donors (Lipinski definition) is 2. The van der Waals surface area contributed by atoms with Crippen LogP contribution < -0.4 is 10.6 Å². The van der Waals surface area contributed by atoms with Gasteiger partial charge in [0, 0.05) is 18.6 Å². The van der Waals surface area contributed by atoms with E-state index < -0.39 is 5.82 Å². The second-order valence-electron chi connectivity index (χ2n) is 5.87. The van der Waals surface area contributed by atoms with Crippen LogP contribution in [0.1, 0.15) is 32.1 Å². The third kappa shape index (κ3) is 3.18. The van der Waals surface area contributed by atoms with E-state index in [1.807, 2.05) is 4.90 Å². The van der Waals surface area contributed by atoms with Crippen molar-refractivity contribution >= 4 is 11.7 Å².